The number of rotatable bonds is 5. The number of ether oxygens (including phenoxy) is 2. The van der Waals surface area contributed by atoms with E-state index in [4.69, 9.17) is 21.7 Å². The molecule has 6 heteroatoms. The van der Waals surface area contributed by atoms with E-state index in [0.29, 0.717) is 11.0 Å². The molecule has 5 nitrogen and oxygen atoms in total. The third-order valence-electron chi connectivity index (χ3n) is 8.31. The van der Waals surface area contributed by atoms with Gasteiger partial charge in [0.1, 0.15) is 5.75 Å². The van der Waals surface area contributed by atoms with Crippen molar-refractivity contribution in [2.75, 3.05) is 13.7 Å². The topological polar surface area (TPSA) is 50.8 Å². The predicted molar refractivity (Wildman–Crippen MR) is 124 cm³/mol. The fourth-order valence-corrected chi connectivity index (χ4v) is 6.74. The van der Waals surface area contributed by atoms with Gasteiger partial charge in [-0.25, -0.2) is 0 Å². The summed E-state index contributed by atoms with van der Waals surface area (Å²) in [7, 11) is 1.79. The van der Waals surface area contributed by atoms with Crippen molar-refractivity contribution >= 4 is 23.2 Å². The second-order valence-electron chi connectivity index (χ2n) is 10.3. The highest BCUT2D eigenvalue weighted by Gasteiger charge is 2.67. The summed E-state index contributed by atoms with van der Waals surface area (Å²) in [6.45, 7) is 4.84. The first kappa shape index (κ1) is 21.2. The Kier molecular flexibility index (Phi) is 5.29. The van der Waals surface area contributed by atoms with Crippen LogP contribution in [-0.2, 0) is 21.5 Å². The monoisotopic (exact) mass is 442 g/mol. The molecule has 2 saturated carbocycles. The number of amides is 1. The average Bonchev–Trinajstić information content (AvgIpc) is 3.13. The van der Waals surface area contributed by atoms with Gasteiger partial charge in [-0.05, 0) is 100 Å². The van der Waals surface area contributed by atoms with Crippen LogP contribution in [0.15, 0.2) is 18.2 Å². The highest BCUT2D eigenvalue weighted by atomic mass is 32.1. The van der Waals surface area contributed by atoms with Crippen LogP contribution in [0, 0.1) is 11.3 Å². The van der Waals surface area contributed by atoms with E-state index in [9.17, 15) is 4.79 Å². The number of benzene rings is 1. The Morgan fingerprint density at radius 1 is 1.23 bits per heavy atom. The van der Waals surface area contributed by atoms with E-state index < -0.39 is 5.54 Å². The zero-order valence-corrected chi connectivity index (χ0v) is 19.7. The second-order valence-corrected chi connectivity index (χ2v) is 10.7. The molecule has 1 aliphatic heterocycles. The van der Waals surface area contributed by atoms with E-state index in [1.807, 2.05) is 13.8 Å². The van der Waals surface area contributed by atoms with Crippen LogP contribution in [0.5, 0.6) is 5.75 Å². The Bertz CT molecular complexity index is 889. The normalized spacial score (nSPS) is 32.6. The zero-order chi connectivity index (χ0) is 21.8. The summed E-state index contributed by atoms with van der Waals surface area (Å²) in [5.41, 5.74) is 1.35. The van der Waals surface area contributed by atoms with E-state index in [0.717, 1.165) is 50.0 Å². The van der Waals surface area contributed by atoms with Crippen molar-refractivity contribution in [1.82, 2.24) is 10.2 Å². The Hall–Kier alpha value is -1.66. The van der Waals surface area contributed by atoms with Crippen molar-refractivity contribution < 1.29 is 14.3 Å². The minimum atomic E-state index is -0.793. The van der Waals surface area contributed by atoms with Gasteiger partial charge >= 0.3 is 0 Å². The van der Waals surface area contributed by atoms with Crippen LogP contribution in [0.1, 0.15) is 69.9 Å². The van der Waals surface area contributed by atoms with E-state index in [2.05, 4.69) is 23.5 Å². The number of hydrogen-bond acceptors (Lipinski definition) is 4. The van der Waals surface area contributed by atoms with Crippen molar-refractivity contribution in [3.8, 4) is 5.75 Å². The van der Waals surface area contributed by atoms with Crippen LogP contribution < -0.4 is 10.1 Å². The van der Waals surface area contributed by atoms with Crippen molar-refractivity contribution in [2.45, 2.75) is 82.9 Å². The first-order chi connectivity index (χ1) is 14.9. The third kappa shape index (κ3) is 3.12. The third-order valence-corrected chi connectivity index (χ3v) is 8.61. The fraction of sp³-hybridized carbons (Fsp3) is 0.680. The van der Waals surface area contributed by atoms with Gasteiger partial charge in [0.2, 0.25) is 0 Å². The van der Waals surface area contributed by atoms with Gasteiger partial charge in [0.25, 0.3) is 5.91 Å². The average molecular weight is 443 g/mol. The molecule has 31 heavy (non-hydrogen) atoms. The van der Waals surface area contributed by atoms with Crippen LogP contribution in [0.2, 0.25) is 0 Å². The maximum Gasteiger partial charge on any atom is 0.259 e. The van der Waals surface area contributed by atoms with Crippen LogP contribution in [0.25, 0.3) is 0 Å². The summed E-state index contributed by atoms with van der Waals surface area (Å²) in [5, 5.41) is 4.14. The number of carbonyl (C=O) groups excluding carboxylic acids is 1. The lowest BCUT2D eigenvalue weighted by molar-refractivity contribution is -0.139. The molecule has 2 spiro atoms. The van der Waals surface area contributed by atoms with E-state index in [1.165, 1.54) is 24.8 Å². The first-order valence-corrected chi connectivity index (χ1v) is 12.3. The molecule has 1 amide bonds. The van der Waals surface area contributed by atoms with Crippen molar-refractivity contribution in [1.29, 1.82) is 0 Å². The molecule has 3 fully saturated rings. The molecule has 0 aromatic heterocycles. The smallest absolute Gasteiger partial charge is 0.259 e. The Morgan fingerprint density at radius 3 is 2.55 bits per heavy atom. The molecule has 1 atom stereocenters. The molecule has 0 bridgehead atoms. The minimum Gasteiger partial charge on any atom is -0.493 e. The fourth-order valence-electron chi connectivity index (χ4n) is 6.29. The molecule has 1 aromatic carbocycles. The van der Waals surface area contributed by atoms with Gasteiger partial charge in [0.15, 0.2) is 10.7 Å². The summed E-state index contributed by atoms with van der Waals surface area (Å²) in [5.74, 6) is 1.66. The van der Waals surface area contributed by atoms with Crippen LogP contribution >= 0.6 is 12.2 Å². The number of fused-ring (bicyclic) bond motifs is 3. The lowest BCUT2D eigenvalue weighted by Gasteiger charge is -2.46. The number of thiocarbonyl (C=S) groups is 1. The molecule has 3 aliphatic carbocycles. The number of hydrogen-bond donors (Lipinski definition) is 1. The van der Waals surface area contributed by atoms with Gasteiger partial charge in [-0.2, -0.15) is 0 Å². The standard InChI is InChI=1S/C25H34N2O3S/c1-16(2)27-22(28)25(26-23(27)31)21-13-20(30-15-17-5-4-6-17)8-7-18(21)14-24(25)11-9-19(29-3)10-12-24/h7-8,13,16-17,19H,4-6,9-12,14-15H2,1-3H3,(H,26,31)/t19-,24-,25?. The van der Waals surface area contributed by atoms with Crippen LogP contribution in [-0.4, -0.2) is 41.8 Å². The largest absolute Gasteiger partial charge is 0.493 e. The molecule has 1 N–H and O–H groups in total. The predicted octanol–water partition coefficient (Wildman–Crippen LogP) is 4.32. The maximum atomic E-state index is 14.1. The number of nitrogens with zero attached hydrogens (tertiary/aromatic N) is 1. The van der Waals surface area contributed by atoms with E-state index in [-0.39, 0.29) is 23.5 Å². The van der Waals surface area contributed by atoms with E-state index in [1.54, 1.807) is 12.0 Å². The van der Waals surface area contributed by atoms with Gasteiger partial charge in [-0.1, -0.05) is 12.5 Å². The molecule has 1 aromatic rings. The van der Waals surface area contributed by atoms with E-state index >= 15 is 0 Å². The molecule has 1 heterocycles. The van der Waals surface area contributed by atoms with Gasteiger partial charge in [0, 0.05) is 18.6 Å². The Balaban J connectivity index is 1.55. The number of carbonyl (C=O) groups is 1. The van der Waals surface area contributed by atoms with Crippen LogP contribution in [0.4, 0.5) is 0 Å². The quantitative estimate of drug-likeness (QED) is 0.689. The summed E-state index contributed by atoms with van der Waals surface area (Å²) in [6.07, 6.45) is 8.85. The number of nitrogens with one attached hydrogen (secondary N) is 1. The summed E-state index contributed by atoms with van der Waals surface area (Å²) in [6, 6.07) is 6.42. The summed E-state index contributed by atoms with van der Waals surface area (Å²) < 4.78 is 11.8. The zero-order valence-electron chi connectivity index (χ0n) is 18.9. The lowest BCUT2D eigenvalue weighted by atomic mass is 9.61. The molecule has 5 rings (SSSR count). The molecule has 0 radical (unpaired) electrons. The Labute approximate surface area is 190 Å². The summed E-state index contributed by atoms with van der Waals surface area (Å²) >= 11 is 5.71. The van der Waals surface area contributed by atoms with Gasteiger partial charge < -0.3 is 14.8 Å². The molecule has 1 unspecified atom stereocenters. The summed E-state index contributed by atoms with van der Waals surface area (Å²) in [4.78, 5) is 15.9. The molecular weight excluding hydrogens is 408 g/mol. The van der Waals surface area contributed by atoms with Gasteiger partial charge in [-0.3, -0.25) is 9.69 Å². The van der Waals surface area contributed by atoms with Gasteiger partial charge in [0.05, 0.1) is 12.7 Å². The maximum absolute atomic E-state index is 14.1. The minimum absolute atomic E-state index is 0.0290. The SMILES string of the molecule is CO[C@H]1CC[C@]2(CC1)Cc1ccc(OCC3CCC3)cc1C21NC(=S)N(C(C)C)C1=O. The van der Waals surface area contributed by atoms with Crippen LogP contribution in [0.3, 0.4) is 0 Å². The lowest BCUT2D eigenvalue weighted by Crippen LogP contribution is -2.57. The van der Waals surface area contributed by atoms with Crippen molar-refractivity contribution in [2.24, 2.45) is 11.3 Å². The molecular formula is C25H34N2O3S. The highest BCUT2D eigenvalue weighted by Crippen LogP contribution is 2.60. The molecule has 168 valence electrons. The Morgan fingerprint density at radius 2 is 1.97 bits per heavy atom. The second kappa shape index (κ2) is 7.73. The number of methoxy groups -OCH3 is 1. The van der Waals surface area contributed by atoms with Crippen molar-refractivity contribution in [3.63, 3.8) is 0 Å². The molecule has 1 saturated heterocycles. The first-order valence-electron chi connectivity index (χ1n) is 11.8. The van der Waals surface area contributed by atoms with Crippen molar-refractivity contribution in [3.05, 3.63) is 29.3 Å². The van der Waals surface area contributed by atoms with Gasteiger partial charge in [-0.15, -0.1) is 0 Å². The molecule has 4 aliphatic rings. The highest BCUT2D eigenvalue weighted by molar-refractivity contribution is 7.80.